The first-order chi connectivity index (χ1) is 23.7. The molecule has 4 aromatic carbocycles. The number of hydrogen-bond acceptors (Lipinski definition) is 5. The first-order valence-corrected chi connectivity index (χ1v) is 16.5. The third kappa shape index (κ3) is 8.91. The maximum atomic E-state index is 14.4. The number of likely N-dealkylation sites (tertiary alicyclic amines) is 1. The van der Waals surface area contributed by atoms with Crippen LogP contribution in [-0.4, -0.2) is 65.7 Å². The van der Waals surface area contributed by atoms with E-state index >= 15 is 0 Å². The first kappa shape index (κ1) is 36.2. The third-order valence-corrected chi connectivity index (χ3v) is 8.69. The molecule has 0 bridgehead atoms. The Balaban J connectivity index is 1.46. The van der Waals surface area contributed by atoms with Crippen molar-refractivity contribution in [3.8, 4) is 22.3 Å². The lowest BCUT2D eigenvalue weighted by Gasteiger charge is -2.35. The van der Waals surface area contributed by atoms with Gasteiger partial charge in [-0.25, -0.2) is 9.59 Å². The molecule has 0 radical (unpaired) electrons. The van der Waals surface area contributed by atoms with Gasteiger partial charge in [-0.15, -0.1) is 0 Å². The van der Waals surface area contributed by atoms with Crippen molar-refractivity contribution in [2.24, 2.45) is 0 Å². The topological polar surface area (TPSA) is 76.2 Å². The van der Waals surface area contributed by atoms with Crippen LogP contribution in [0.25, 0.3) is 22.3 Å². The molecule has 4 aromatic rings. The molecule has 7 nitrogen and oxygen atoms in total. The van der Waals surface area contributed by atoms with Crippen LogP contribution in [0, 0.1) is 0 Å². The van der Waals surface area contributed by atoms with Crippen molar-refractivity contribution in [3.63, 3.8) is 0 Å². The molecular weight excluding hydrogens is 645 g/mol. The van der Waals surface area contributed by atoms with Crippen LogP contribution in [0.1, 0.15) is 55.1 Å². The highest BCUT2D eigenvalue weighted by Gasteiger charge is 2.39. The summed E-state index contributed by atoms with van der Waals surface area (Å²) in [5.74, 6) is -1.05. The molecule has 1 fully saturated rings. The Morgan fingerprint density at radius 3 is 1.88 bits per heavy atom. The van der Waals surface area contributed by atoms with Gasteiger partial charge in [-0.3, -0.25) is 4.79 Å². The number of rotatable bonds is 9. The predicted molar refractivity (Wildman–Crippen MR) is 185 cm³/mol. The van der Waals surface area contributed by atoms with Crippen molar-refractivity contribution >= 4 is 18.0 Å². The number of carbonyl (C=O) groups excluding carboxylic acids is 3. The van der Waals surface area contributed by atoms with Crippen LogP contribution in [0.15, 0.2) is 103 Å². The molecular formula is C40H41F3N2O5. The molecule has 0 spiro atoms. The molecule has 1 aliphatic heterocycles. The Labute approximate surface area is 290 Å². The summed E-state index contributed by atoms with van der Waals surface area (Å²) in [6.45, 7) is 5.87. The summed E-state index contributed by atoms with van der Waals surface area (Å²) in [6, 6.07) is 27.5. The van der Waals surface area contributed by atoms with Crippen LogP contribution >= 0.6 is 0 Å². The van der Waals surface area contributed by atoms with Gasteiger partial charge in [0.05, 0.1) is 18.7 Å². The van der Waals surface area contributed by atoms with E-state index in [9.17, 15) is 27.6 Å². The van der Waals surface area contributed by atoms with Gasteiger partial charge in [0.2, 0.25) is 0 Å². The van der Waals surface area contributed by atoms with Crippen LogP contribution in [0.2, 0.25) is 0 Å². The largest absolute Gasteiger partial charge is 0.467 e. The van der Waals surface area contributed by atoms with E-state index in [0.29, 0.717) is 30.5 Å². The number of alkyl halides is 3. The highest BCUT2D eigenvalue weighted by Crippen LogP contribution is 2.32. The lowest BCUT2D eigenvalue weighted by atomic mass is 9.98. The Bertz CT molecular complexity index is 1770. The summed E-state index contributed by atoms with van der Waals surface area (Å²) in [5, 5.41) is 0. The zero-order valence-electron chi connectivity index (χ0n) is 28.6. The molecule has 2 atom stereocenters. The van der Waals surface area contributed by atoms with Crippen LogP contribution in [0.5, 0.6) is 0 Å². The standard InChI is InChI=1S/C40H41F3N2O5/c1-39(2,3)50-38(48)44-24-8-11-34(44)26-45(35(37(47)49-4)25-27-12-14-29(15-13-27)28-9-6-5-7-10-28)36(46)32-18-16-30(17-19-32)31-20-22-33(23-21-31)40(41,42)43/h5-7,9-10,12-23,34-35H,8,11,24-26H2,1-4H3. The van der Waals surface area contributed by atoms with Crippen molar-refractivity contribution in [2.45, 2.75) is 63.9 Å². The fraction of sp³-hybridized carbons (Fsp3) is 0.325. The maximum absolute atomic E-state index is 14.4. The molecule has 0 aromatic heterocycles. The van der Waals surface area contributed by atoms with Gasteiger partial charge in [-0.2, -0.15) is 13.2 Å². The van der Waals surface area contributed by atoms with E-state index in [0.717, 1.165) is 28.8 Å². The molecule has 50 heavy (non-hydrogen) atoms. The van der Waals surface area contributed by atoms with Gasteiger partial charge >= 0.3 is 18.2 Å². The van der Waals surface area contributed by atoms with Crippen molar-refractivity contribution in [2.75, 3.05) is 20.2 Å². The lowest BCUT2D eigenvalue weighted by Crippen LogP contribution is -2.53. The minimum atomic E-state index is -4.45. The van der Waals surface area contributed by atoms with Crippen LogP contribution in [0.4, 0.5) is 18.0 Å². The molecule has 10 heteroatoms. The van der Waals surface area contributed by atoms with Crippen molar-refractivity contribution in [1.29, 1.82) is 0 Å². The SMILES string of the molecule is COC(=O)C(Cc1ccc(-c2ccccc2)cc1)N(CC1CCCN1C(=O)OC(C)(C)C)C(=O)c1ccc(-c2ccc(C(F)(F)F)cc2)cc1. The molecule has 2 unspecified atom stereocenters. The molecule has 262 valence electrons. The Kier molecular flexibility index (Phi) is 11.0. The number of carbonyl (C=O) groups is 3. The van der Waals surface area contributed by atoms with E-state index in [1.165, 1.54) is 24.1 Å². The van der Waals surface area contributed by atoms with Crippen LogP contribution < -0.4 is 0 Å². The second kappa shape index (κ2) is 15.2. The van der Waals surface area contributed by atoms with Gasteiger partial charge in [0.1, 0.15) is 11.6 Å². The number of benzene rings is 4. The van der Waals surface area contributed by atoms with Gasteiger partial charge in [-0.05, 0) is 85.7 Å². The van der Waals surface area contributed by atoms with Crippen molar-refractivity contribution in [1.82, 2.24) is 9.80 Å². The second-order valence-electron chi connectivity index (χ2n) is 13.4. The molecule has 0 aliphatic carbocycles. The van der Waals surface area contributed by atoms with E-state index in [2.05, 4.69) is 0 Å². The average molecular weight is 687 g/mol. The Hall–Kier alpha value is -5.12. The number of halogens is 3. The van der Waals surface area contributed by atoms with Gasteiger partial charge in [0.15, 0.2) is 0 Å². The zero-order valence-corrected chi connectivity index (χ0v) is 28.6. The molecule has 5 rings (SSSR count). The summed E-state index contributed by atoms with van der Waals surface area (Å²) < 4.78 is 50.2. The average Bonchev–Trinajstić information content (AvgIpc) is 3.57. The number of nitrogens with zero attached hydrogens (tertiary/aromatic N) is 2. The Morgan fingerprint density at radius 2 is 1.34 bits per heavy atom. The van der Waals surface area contributed by atoms with Crippen molar-refractivity contribution in [3.05, 3.63) is 120 Å². The summed E-state index contributed by atoms with van der Waals surface area (Å²) in [6.07, 6.45) is -3.46. The fourth-order valence-electron chi connectivity index (χ4n) is 6.13. The van der Waals surface area contributed by atoms with E-state index < -0.39 is 47.4 Å². The van der Waals surface area contributed by atoms with E-state index in [-0.39, 0.29) is 18.5 Å². The van der Waals surface area contributed by atoms with Gasteiger partial charge in [-0.1, -0.05) is 78.9 Å². The minimum absolute atomic E-state index is 0.0561. The first-order valence-electron chi connectivity index (χ1n) is 16.5. The van der Waals surface area contributed by atoms with Crippen LogP contribution in [-0.2, 0) is 26.9 Å². The number of hydrogen-bond donors (Lipinski definition) is 0. The minimum Gasteiger partial charge on any atom is -0.467 e. The molecule has 2 amide bonds. The number of ether oxygens (including phenoxy) is 2. The van der Waals surface area contributed by atoms with Gasteiger partial charge in [0.25, 0.3) is 5.91 Å². The number of methoxy groups -OCH3 is 1. The second-order valence-corrected chi connectivity index (χ2v) is 13.4. The summed E-state index contributed by atoms with van der Waals surface area (Å²) >= 11 is 0. The summed E-state index contributed by atoms with van der Waals surface area (Å²) in [4.78, 5) is 44.2. The van der Waals surface area contributed by atoms with Crippen molar-refractivity contribution < 1.29 is 37.0 Å². The third-order valence-electron chi connectivity index (χ3n) is 8.69. The molecule has 1 aliphatic rings. The zero-order chi connectivity index (χ0) is 36.1. The van der Waals surface area contributed by atoms with Crippen LogP contribution in [0.3, 0.4) is 0 Å². The molecule has 1 saturated heterocycles. The lowest BCUT2D eigenvalue weighted by molar-refractivity contribution is -0.146. The maximum Gasteiger partial charge on any atom is 0.416 e. The van der Waals surface area contributed by atoms with E-state index in [1.54, 1.807) is 49.9 Å². The summed E-state index contributed by atoms with van der Waals surface area (Å²) in [7, 11) is 1.28. The van der Waals surface area contributed by atoms with E-state index in [1.807, 2.05) is 54.6 Å². The van der Waals surface area contributed by atoms with E-state index in [4.69, 9.17) is 9.47 Å². The Morgan fingerprint density at radius 1 is 0.800 bits per heavy atom. The monoisotopic (exact) mass is 686 g/mol. The highest BCUT2D eigenvalue weighted by molar-refractivity contribution is 5.97. The fourth-order valence-corrected chi connectivity index (χ4v) is 6.13. The van der Waals surface area contributed by atoms with Gasteiger partial charge in [0, 0.05) is 25.1 Å². The number of amides is 2. The molecule has 0 N–H and O–H groups in total. The molecule has 1 heterocycles. The quantitative estimate of drug-likeness (QED) is 0.165. The normalized spacial score (nSPS) is 15.3. The molecule has 0 saturated carbocycles. The number of esters is 1. The predicted octanol–water partition coefficient (Wildman–Crippen LogP) is 8.67. The highest BCUT2D eigenvalue weighted by atomic mass is 19.4. The smallest absolute Gasteiger partial charge is 0.416 e. The summed E-state index contributed by atoms with van der Waals surface area (Å²) in [5.41, 5.74) is 2.85. The van der Waals surface area contributed by atoms with Gasteiger partial charge < -0.3 is 19.3 Å².